The largest absolute Gasteiger partial charge is 0.481 e. The molecule has 18 heavy (non-hydrogen) atoms. The van der Waals surface area contributed by atoms with Gasteiger partial charge in [-0.05, 0) is 28.9 Å². The van der Waals surface area contributed by atoms with Crippen LogP contribution in [0.5, 0.6) is 0 Å². The molecular formula is C11H15BrN2O4. The highest BCUT2D eigenvalue weighted by Gasteiger charge is 2.25. The van der Waals surface area contributed by atoms with E-state index in [4.69, 9.17) is 5.11 Å². The normalized spacial score (nSPS) is 14.0. The third kappa shape index (κ3) is 4.15. The molecule has 0 bridgehead atoms. The highest BCUT2D eigenvalue weighted by Crippen LogP contribution is 2.14. The first-order valence-electron chi connectivity index (χ1n) is 5.25. The van der Waals surface area contributed by atoms with E-state index in [0.29, 0.717) is 5.69 Å². The average molecular weight is 319 g/mol. The first-order valence-corrected chi connectivity index (χ1v) is 6.05. The Kier molecular flexibility index (Phi) is 4.53. The number of hydrogen-bond acceptors (Lipinski definition) is 3. The summed E-state index contributed by atoms with van der Waals surface area (Å²) in [5, 5.41) is 20.8. The molecule has 3 N–H and O–H groups in total. The summed E-state index contributed by atoms with van der Waals surface area (Å²) in [6, 6.07) is 1.64. The highest BCUT2D eigenvalue weighted by atomic mass is 79.9. The van der Waals surface area contributed by atoms with Crippen LogP contribution in [0.25, 0.3) is 0 Å². The highest BCUT2D eigenvalue weighted by molar-refractivity contribution is 9.10. The molecule has 1 unspecified atom stereocenters. The molecule has 0 aromatic carbocycles. The maximum atomic E-state index is 11.8. The molecule has 0 aliphatic rings. The van der Waals surface area contributed by atoms with Gasteiger partial charge in [-0.3, -0.25) is 9.59 Å². The standard InChI is InChI=1S/C11H15BrN2O4/c1-11(18,4-9(15)16)6-13-10(17)8-3-7(12)5-14(8)2/h3,5,18H,4,6H2,1-2H3,(H,13,17)(H,15,16). The van der Waals surface area contributed by atoms with Gasteiger partial charge in [0, 0.05) is 24.3 Å². The molecule has 1 aromatic heterocycles. The summed E-state index contributed by atoms with van der Waals surface area (Å²) in [4.78, 5) is 22.3. The van der Waals surface area contributed by atoms with Gasteiger partial charge in [0.2, 0.25) is 0 Å². The molecule has 1 atom stereocenters. The summed E-state index contributed by atoms with van der Waals surface area (Å²) in [7, 11) is 1.72. The Balaban J connectivity index is 2.61. The molecule has 1 rings (SSSR count). The number of aliphatic hydroxyl groups is 1. The number of aryl methyl sites for hydroxylation is 1. The molecule has 0 saturated heterocycles. The number of carbonyl (C=O) groups excluding carboxylic acids is 1. The van der Waals surface area contributed by atoms with Crippen LogP contribution in [0.4, 0.5) is 0 Å². The van der Waals surface area contributed by atoms with Crippen LogP contribution in [0.15, 0.2) is 16.7 Å². The van der Waals surface area contributed by atoms with Crippen molar-refractivity contribution in [3.8, 4) is 0 Å². The van der Waals surface area contributed by atoms with Gasteiger partial charge in [-0.1, -0.05) is 0 Å². The van der Waals surface area contributed by atoms with E-state index < -0.39 is 18.0 Å². The molecule has 1 amide bonds. The number of carbonyl (C=O) groups is 2. The fraction of sp³-hybridized carbons (Fsp3) is 0.455. The van der Waals surface area contributed by atoms with E-state index in [-0.39, 0.29) is 12.5 Å². The first-order chi connectivity index (χ1) is 8.21. The fourth-order valence-electron chi connectivity index (χ4n) is 1.50. The van der Waals surface area contributed by atoms with E-state index in [9.17, 15) is 14.7 Å². The molecular weight excluding hydrogens is 304 g/mol. The number of rotatable bonds is 5. The molecule has 100 valence electrons. The van der Waals surface area contributed by atoms with Gasteiger partial charge >= 0.3 is 5.97 Å². The van der Waals surface area contributed by atoms with Crippen molar-refractivity contribution in [1.29, 1.82) is 0 Å². The molecule has 0 fully saturated rings. The molecule has 0 spiro atoms. The second-order valence-corrected chi connectivity index (χ2v) is 5.32. The lowest BCUT2D eigenvalue weighted by molar-refractivity contribution is -0.141. The van der Waals surface area contributed by atoms with Gasteiger partial charge in [0.1, 0.15) is 5.69 Å². The lowest BCUT2D eigenvalue weighted by Crippen LogP contribution is -2.42. The zero-order valence-corrected chi connectivity index (χ0v) is 11.7. The van der Waals surface area contributed by atoms with E-state index in [2.05, 4.69) is 21.2 Å². The second kappa shape index (κ2) is 5.53. The molecule has 6 nitrogen and oxygen atoms in total. The van der Waals surface area contributed by atoms with Crippen molar-refractivity contribution in [2.45, 2.75) is 18.9 Å². The van der Waals surface area contributed by atoms with Crippen LogP contribution in [-0.4, -0.2) is 38.8 Å². The number of amides is 1. The Labute approximate surface area is 113 Å². The van der Waals surface area contributed by atoms with Crippen molar-refractivity contribution in [1.82, 2.24) is 9.88 Å². The fourth-order valence-corrected chi connectivity index (χ4v) is 2.02. The Morgan fingerprint density at radius 2 is 2.17 bits per heavy atom. The van der Waals surface area contributed by atoms with E-state index in [0.717, 1.165) is 4.47 Å². The molecule has 0 aliphatic heterocycles. The number of carboxylic acids is 1. The van der Waals surface area contributed by atoms with Crippen LogP contribution in [0, 0.1) is 0 Å². The molecule has 0 saturated carbocycles. The summed E-state index contributed by atoms with van der Waals surface area (Å²) in [5.41, 5.74) is -1.04. The topological polar surface area (TPSA) is 91.6 Å². The van der Waals surface area contributed by atoms with Gasteiger partial charge in [0.15, 0.2) is 0 Å². The Hall–Kier alpha value is -1.34. The van der Waals surface area contributed by atoms with Crippen LogP contribution >= 0.6 is 15.9 Å². The molecule has 0 radical (unpaired) electrons. The minimum absolute atomic E-state index is 0.124. The van der Waals surface area contributed by atoms with Gasteiger partial charge < -0.3 is 20.1 Å². The maximum absolute atomic E-state index is 11.8. The smallest absolute Gasteiger partial charge is 0.306 e. The molecule has 1 heterocycles. The van der Waals surface area contributed by atoms with E-state index in [1.165, 1.54) is 6.92 Å². The van der Waals surface area contributed by atoms with Crippen molar-refractivity contribution >= 4 is 27.8 Å². The Morgan fingerprint density at radius 1 is 1.56 bits per heavy atom. The maximum Gasteiger partial charge on any atom is 0.306 e. The minimum atomic E-state index is -1.47. The van der Waals surface area contributed by atoms with Gasteiger partial charge in [0.25, 0.3) is 5.91 Å². The van der Waals surface area contributed by atoms with Crippen LogP contribution in [-0.2, 0) is 11.8 Å². The van der Waals surface area contributed by atoms with Crippen molar-refractivity contribution in [2.75, 3.05) is 6.54 Å². The van der Waals surface area contributed by atoms with Crippen LogP contribution in [0.1, 0.15) is 23.8 Å². The van der Waals surface area contributed by atoms with Crippen LogP contribution in [0.3, 0.4) is 0 Å². The van der Waals surface area contributed by atoms with Crippen molar-refractivity contribution < 1.29 is 19.8 Å². The van der Waals surface area contributed by atoms with Crippen LogP contribution < -0.4 is 5.32 Å². The second-order valence-electron chi connectivity index (χ2n) is 4.40. The van der Waals surface area contributed by atoms with Gasteiger partial charge in [-0.2, -0.15) is 0 Å². The Morgan fingerprint density at radius 3 is 2.61 bits per heavy atom. The average Bonchev–Trinajstić information content (AvgIpc) is 2.52. The lowest BCUT2D eigenvalue weighted by Gasteiger charge is -2.21. The number of carboxylic acid groups (broad SMARTS) is 1. The van der Waals surface area contributed by atoms with E-state index in [1.807, 2.05) is 0 Å². The van der Waals surface area contributed by atoms with Gasteiger partial charge in [-0.15, -0.1) is 0 Å². The Bertz CT molecular complexity index is 468. The molecule has 0 aliphatic carbocycles. The number of aliphatic carboxylic acids is 1. The summed E-state index contributed by atoms with van der Waals surface area (Å²) < 4.78 is 2.40. The predicted octanol–water partition coefficient (Wildman–Crippen LogP) is 0.743. The third-order valence-electron chi connectivity index (χ3n) is 2.37. The number of hydrogen-bond donors (Lipinski definition) is 3. The zero-order valence-electron chi connectivity index (χ0n) is 10.1. The minimum Gasteiger partial charge on any atom is -0.481 e. The molecule has 1 aromatic rings. The van der Waals surface area contributed by atoms with Crippen LogP contribution in [0.2, 0.25) is 0 Å². The summed E-state index contributed by atoms with van der Waals surface area (Å²) in [6.07, 6.45) is 1.30. The first kappa shape index (κ1) is 14.7. The van der Waals surface area contributed by atoms with Crippen molar-refractivity contribution in [2.24, 2.45) is 7.05 Å². The summed E-state index contributed by atoms with van der Waals surface area (Å²) >= 11 is 3.25. The van der Waals surface area contributed by atoms with Gasteiger partial charge in [0.05, 0.1) is 12.0 Å². The van der Waals surface area contributed by atoms with E-state index >= 15 is 0 Å². The van der Waals surface area contributed by atoms with Crippen molar-refractivity contribution in [3.63, 3.8) is 0 Å². The SMILES string of the molecule is Cn1cc(Br)cc1C(=O)NCC(C)(O)CC(=O)O. The lowest BCUT2D eigenvalue weighted by atomic mass is 10.0. The van der Waals surface area contributed by atoms with Crippen molar-refractivity contribution in [3.05, 3.63) is 22.4 Å². The third-order valence-corrected chi connectivity index (χ3v) is 2.80. The monoisotopic (exact) mass is 318 g/mol. The number of aromatic nitrogens is 1. The number of nitrogens with zero attached hydrogens (tertiary/aromatic N) is 1. The number of nitrogens with one attached hydrogen (secondary N) is 1. The predicted molar refractivity (Wildman–Crippen MR) is 68.3 cm³/mol. The zero-order chi connectivity index (χ0) is 13.9. The summed E-state index contributed by atoms with van der Waals surface area (Å²) in [5.74, 6) is -1.48. The summed E-state index contributed by atoms with van der Waals surface area (Å²) in [6.45, 7) is 1.24. The number of halogens is 1. The van der Waals surface area contributed by atoms with Gasteiger partial charge in [-0.25, -0.2) is 0 Å². The quantitative estimate of drug-likeness (QED) is 0.747. The van der Waals surface area contributed by atoms with E-state index in [1.54, 1.807) is 23.9 Å². The molecule has 7 heteroatoms.